The van der Waals surface area contributed by atoms with E-state index in [1.807, 2.05) is 30.3 Å². The van der Waals surface area contributed by atoms with Gasteiger partial charge in [-0.3, -0.25) is 4.98 Å². The number of fused-ring (bicyclic) bond motifs is 2. The van der Waals surface area contributed by atoms with Crippen molar-refractivity contribution in [2.45, 2.75) is 0 Å². The number of para-hydroxylation sites is 1. The maximum absolute atomic E-state index is 13.2. The van der Waals surface area contributed by atoms with E-state index in [-0.39, 0.29) is 5.82 Å². The number of pyridine rings is 1. The van der Waals surface area contributed by atoms with E-state index in [0.717, 1.165) is 27.8 Å². The number of halogens is 1. The van der Waals surface area contributed by atoms with Crippen molar-refractivity contribution < 1.29 is 4.39 Å². The molecule has 0 unspecified atom stereocenters. The summed E-state index contributed by atoms with van der Waals surface area (Å²) in [6.07, 6.45) is 1.76. The summed E-state index contributed by atoms with van der Waals surface area (Å²) in [7, 11) is 0. The molecule has 0 radical (unpaired) electrons. The van der Waals surface area contributed by atoms with E-state index in [4.69, 9.17) is 0 Å². The second kappa shape index (κ2) is 4.13. The van der Waals surface area contributed by atoms with E-state index < -0.39 is 0 Å². The van der Waals surface area contributed by atoms with E-state index in [9.17, 15) is 4.39 Å². The molecular formula is C16H10FN3. The van der Waals surface area contributed by atoms with Gasteiger partial charge in [0.05, 0.1) is 16.6 Å². The van der Waals surface area contributed by atoms with Gasteiger partial charge >= 0.3 is 0 Å². The molecule has 3 nitrogen and oxygen atoms in total. The van der Waals surface area contributed by atoms with Crippen LogP contribution in [0.25, 0.3) is 33.3 Å². The van der Waals surface area contributed by atoms with Crippen LogP contribution in [0.15, 0.2) is 54.7 Å². The fraction of sp³-hybridized carbons (Fsp3) is 0. The van der Waals surface area contributed by atoms with Crippen LogP contribution in [-0.2, 0) is 0 Å². The van der Waals surface area contributed by atoms with Crippen LogP contribution < -0.4 is 0 Å². The van der Waals surface area contributed by atoms with Gasteiger partial charge < -0.3 is 4.98 Å². The quantitative estimate of drug-likeness (QED) is 0.565. The number of nitrogens with one attached hydrogen (secondary N) is 1. The highest BCUT2D eigenvalue weighted by Gasteiger charge is 2.09. The van der Waals surface area contributed by atoms with Crippen LogP contribution >= 0.6 is 0 Å². The van der Waals surface area contributed by atoms with Crippen molar-refractivity contribution in [3.63, 3.8) is 0 Å². The van der Waals surface area contributed by atoms with E-state index in [1.54, 1.807) is 12.3 Å². The van der Waals surface area contributed by atoms with Crippen molar-refractivity contribution in [3.8, 4) is 11.4 Å². The Labute approximate surface area is 114 Å². The number of benzene rings is 2. The molecule has 0 atom stereocenters. The largest absolute Gasteiger partial charge is 0.338 e. The molecular weight excluding hydrogens is 253 g/mol. The van der Waals surface area contributed by atoms with Crippen molar-refractivity contribution in [2.24, 2.45) is 0 Å². The second-order valence-electron chi connectivity index (χ2n) is 4.62. The monoisotopic (exact) mass is 263 g/mol. The summed E-state index contributed by atoms with van der Waals surface area (Å²) in [6.45, 7) is 0. The molecule has 0 saturated carbocycles. The normalized spacial score (nSPS) is 11.2. The van der Waals surface area contributed by atoms with E-state index in [2.05, 4.69) is 15.0 Å². The average Bonchev–Trinajstić information content (AvgIpc) is 2.89. The molecule has 0 spiro atoms. The third-order valence-electron chi connectivity index (χ3n) is 3.35. The molecule has 0 saturated heterocycles. The predicted molar refractivity (Wildman–Crippen MR) is 76.8 cm³/mol. The second-order valence-corrected chi connectivity index (χ2v) is 4.62. The van der Waals surface area contributed by atoms with Gasteiger partial charge in [-0.05, 0) is 30.3 Å². The number of nitrogens with zero attached hydrogens (tertiary/aromatic N) is 2. The lowest BCUT2D eigenvalue weighted by Gasteiger charge is -2.02. The van der Waals surface area contributed by atoms with Gasteiger partial charge in [-0.25, -0.2) is 9.37 Å². The Morgan fingerprint density at radius 2 is 1.85 bits per heavy atom. The van der Waals surface area contributed by atoms with Gasteiger partial charge in [-0.1, -0.05) is 18.2 Å². The first-order chi connectivity index (χ1) is 9.81. The highest BCUT2D eigenvalue weighted by Crippen LogP contribution is 2.27. The molecule has 2 aromatic heterocycles. The number of aromatic amines is 1. The van der Waals surface area contributed by atoms with Crippen molar-refractivity contribution >= 4 is 21.9 Å². The molecule has 4 rings (SSSR count). The van der Waals surface area contributed by atoms with Gasteiger partial charge in [0, 0.05) is 17.1 Å². The smallest absolute Gasteiger partial charge is 0.139 e. The average molecular weight is 263 g/mol. The van der Waals surface area contributed by atoms with E-state index >= 15 is 0 Å². The van der Waals surface area contributed by atoms with Crippen molar-refractivity contribution in [1.29, 1.82) is 0 Å². The predicted octanol–water partition coefficient (Wildman–Crippen LogP) is 3.92. The van der Waals surface area contributed by atoms with Crippen LogP contribution in [0.2, 0.25) is 0 Å². The van der Waals surface area contributed by atoms with E-state index in [0.29, 0.717) is 5.52 Å². The minimum atomic E-state index is -0.271. The highest BCUT2D eigenvalue weighted by molar-refractivity contribution is 5.94. The Hall–Kier alpha value is -2.75. The van der Waals surface area contributed by atoms with Gasteiger partial charge in [-0.2, -0.15) is 0 Å². The van der Waals surface area contributed by atoms with Crippen molar-refractivity contribution in [3.05, 3.63) is 60.5 Å². The summed E-state index contributed by atoms with van der Waals surface area (Å²) in [5, 5.41) is 1.02. The first kappa shape index (κ1) is 11.1. The fourth-order valence-electron chi connectivity index (χ4n) is 2.41. The van der Waals surface area contributed by atoms with Crippen LogP contribution in [0, 0.1) is 5.82 Å². The molecule has 2 aromatic carbocycles. The lowest BCUT2D eigenvalue weighted by atomic mass is 10.1. The van der Waals surface area contributed by atoms with Gasteiger partial charge in [0.25, 0.3) is 0 Å². The van der Waals surface area contributed by atoms with Crippen molar-refractivity contribution in [1.82, 2.24) is 15.0 Å². The molecule has 20 heavy (non-hydrogen) atoms. The molecule has 0 bridgehead atoms. The van der Waals surface area contributed by atoms with Crippen LogP contribution in [0.5, 0.6) is 0 Å². The molecule has 0 fully saturated rings. The Morgan fingerprint density at radius 3 is 2.80 bits per heavy atom. The standard InChI is InChI=1S/C16H10FN3/c17-10-5-6-14-15(9-10)20-16(19-14)12-7-8-18-13-4-2-1-3-11(12)13/h1-9H,(H,19,20). The molecule has 4 aromatic rings. The number of H-pyrrole nitrogens is 1. The van der Waals surface area contributed by atoms with Crippen molar-refractivity contribution in [2.75, 3.05) is 0 Å². The Balaban J connectivity index is 2.01. The molecule has 2 heterocycles. The topological polar surface area (TPSA) is 41.6 Å². The first-order valence-electron chi connectivity index (χ1n) is 6.31. The maximum atomic E-state index is 13.2. The minimum absolute atomic E-state index is 0.271. The number of rotatable bonds is 1. The third-order valence-corrected chi connectivity index (χ3v) is 3.35. The summed E-state index contributed by atoms with van der Waals surface area (Å²) < 4.78 is 13.2. The fourth-order valence-corrected chi connectivity index (χ4v) is 2.41. The number of imidazole rings is 1. The van der Waals surface area contributed by atoms with Crippen LogP contribution in [0.1, 0.15) is 0 Å². The summed E-state index contributed by atoms with van der Waals surface area (Å²) in [5.74, 6) is 0.455. The lowest BCUT2D eigenvalue weighted by molar-refractivity contribution is 0.629. The molecule has 4 heteroatoms. The summed E-state index contributed by atoms with van der Waals surface area (Å²) in [5.41, 5.74) is 3.33. The zero-order valence-electron chi connectivity index (χ0n) is 10.5. The minimum Gasteiger partial charge on any atom is -0.338 e. The van der Waals surface area contributed by atoms with E-state index in [1.165, 1.54) is 12.1 Å². The third kappa shape index (κ3) is 1.66. The Bertz CT molecular complexity index is 922. The molecule has 0 aliphatic rings. The van der Waals surface area contributed by atoms with Crippen LogP contribution in [0.3, 0.4) is 0 Å². The Kier molecular flexibility index (Phi) is 2.29. The zero-order chi connectivity index (χ0) is 13.5. The number of hydrogen-bond donors (Lipinski definition) is 1. The van der Waals surface area contributed by atoms with Crippen LogP contribution in [0.4, 0.5) is 4.39 Å². The number of aromatic nitrogens is 3. The summed E-state index contributed by atoms with van der Waals surface area (Å²) in [6, 6.07) is 14.3. The summed E-state index contributed by atoms with van der Waals surface area (Å²) >= 11 is 0. The van der Waals surface area contributed by atoms with Gasteiger partial charge in [0.15, 0.2) is 0 Å². The Morgan fingerprint density at radius 1 is 0.950 bits per heavy atom. The highest BCUT2D eigenvalue weighted by atomic mass is 19.1. The molecule has 1 N–H and O–H groups in total. The molecule has 0 aliphatic heterocycles. The van der Waals surface area contributed by atoms with Gasteiger partial charge in [0.2, 0.25) is 0 Å². The first-order valence-corrected chi connectivity index (χ1v) is 6.31. The number of hydrogen-bond acceptors (Lipinski definition) is 2. The van der Waals surface area contributed by atoms with Gasteiger partial charge in [-0.15, -0.1) is 0 Å². The lowest BCUT2D eigenvalue weighted by Crippen LogP contribution is -1.85. The van der Waals surface area contributed by atoms with Crippen LogP contribution in [-0.4, -0.2) is 15.0 Å². The SMILES string of the molecule is Fc1ccc2nc(-c3ccnc4ccccc34)[nH]c2c1. The summed E-state index contributed by atoms with van der Waals surface area (Å²) in [4.78, 5) is 12.0. The maximum Gasteiger partial charge on any atom is 0.139 e. The molecule has 0 aliphatic carbocycles. The van der Waals surface area contributed by atoms with Gasteiger partial charge in [0.1, 0.15) is 11.6 Å². The molecule has 0 amide bonds. The zero-order valence-corrected chi connectivity index (χ0v) is 10.5. The molecule has 96 valence electrons.